The molecule has 0 aliphatic carbocycles. The summed E-state index contributed by atoms with van der Waals surface area (Å²) in [5, 5.41) is 11.8. The smallest absolute Gasteiger partial charge is 0.315 e. The maximum Gasteiger partial charge on any atom is 0.315 e. The zero-order valence-corrected chi connectivity index (χ0v) is 26.9. The molecule has 49 heavy (non-hydrogen) atoms. The standard InChI is InChI=1S/C35H35F4N3O7/c1-34(2)27-5-3-4-6-28(27)42(12-14-48-13-11-40(18-30(36)44)19-31(37)45)35(34)10-9-25-26-16-23(43)15-22(24(26)7-8-29(25)49-35)17-41(20-32(38)46)21-33(39)47/h3-10,15-16,43H,11-14,17-21H2,1-2H3. The maximum absolute atomic E-state index is 13.2. The molecule has 14 heteroatoms. The number of carbonyl (C=O) groups excluding carboxylic acids is 4. The van der Waals surface area contributed by atoms with Gasteiger partial charge in [0.2, 0.25) is 5.72 Å². The summed E-state index contributed by atoms with van der Waals surface area (Å²) in [7, 11) is 0. The van der Waals surface area contributed by atoms with Crippen molar-refractivity contribution in [1.82, 2.24) is 9.80 Å². The first-order valence-corrected chi connectivity index (χ1v) is 15.5. The molecule has 10 nitrogen and oxygen atoms in total. The number of para-hydroxylation sites is 1. The van der Waals surface area contributed by atoms with E-state index >= 15 is 0 Å². The van der Waals surface area contributed by atoms with Crippen LogP contribution in [0, 0.1) is 0 Å². The topological polar surface area (TPSA) is 117 Å². The summed E-state index contributed by atoms with van der Waals surface area (Å²) in [6.07, 6.45) is 3.79. The molecular weight excluding hydrogens is 650 g/mol. The largest absolute Gasteiger partial charge is 0.508 e. The molecule has 0 amide bonds. The van der Waals surface area contributed by atoms with Gasteiger partial charge in [-0.15, -0.1) is 0 Å². The number of anilines is 1. The zero-order chi connectivity index (χ0) is 35.5. The van der Waals surface area contributed by atoms with E-state index in [4.69, 9.17) is 9.47 Å². The van der Waals surface area contributed by atoms with Crippen LogP contribution in [-0.4, -0.2) is 97.3 Å². The molecule has 0 aromatic heterocycles. The SMILES string of the molecule is CC1(C)c2ccccc2N(CCOCCN(CC(=O)F)CC(=O)F)C12C=Cc1c(ccc3c(CN(CC(=O)F)CC(=O)F)cc(O)cc13)O2. The van der Waals surface area contributed by atoms with E-state index in [0.29, 0.717) is 34.2 Å². The molecule has 260 valence electrons. The van der Waals surface area contributed by atoms with E-state index in [2.05, 4.69) is 0 Å². The number of fused-ring (bicyclic) bond motifs is 4. The molecule has 0 fully saturated rings. The highest BCUT2D eigenvalue weighted by molar-refractivity contribution is 5.97. The van der Waals surface area contributed by atoms with Gasteiger partial charge in [-0.05, 0) is 72.2 Å². The first kappa shape index (κ1) is 35.6. The minimum absolute atomic E-state index is 0.000190. The maximum atomic E-state index is 13.2. The van der Waals surface area contributed by atoms with Crippen LogP contribution in [-0.2, 0) is 35.9 Å². The van der Waals surface area contributed by atoms with Crippen molar-refractivity contribution in [3.8, 4) is 11.5 Å². The third-order valence-corrected chi connectivity index (χ3v) is 8.91. The van der Waals surface area contributed by atoms with Crippen molar-refractivity contribution in [2.24, 2.45) is 0 Å². The van der Waals surface area contributed by atoms with Crippen LogP contribution in [0.5, 0.6) is 11.5 Å². The quantitative estimate of drug-likeness (QED) is 0.131. The first-order chi connectivity index (χ1) is 23.2. The normalized spacial score (nSPS) is 17.4. The second-order valence-electron chi connectivity index (χ2n) is 12.5. The van der Waals surface area contributed by atoms with Gasteiger partial charge in [-0.2, -0.15) is 17.6 Å². The van der Waals surface area contributed by atoms with Gasteiger partial charge in [-0.3, -0.25) is 29.0 Å². The molecule has 0 saturated heterocycles. The Balaban J connectivity index is 1.43. The van der Waals surface area contributed by atoms with Gasteiger partial charge < -0.3 is 19.5 Å². The van der Waals surface area contributed by atoms with Crippen LogP contribution in [0.1, 0.15) is 30.5 Å². The van der Waals surface area contributed by atoms with Crippen molar-refractivity contribution in [2.75, 3.05) is 57.4 Å². The number of phenols is 1. The summed E-state index contributed by atoms with van der Waals surface area (Å²) < 4.78 is 65.0. The summed E-state index contributed by atoms with van der Waals surface area (Å²) in [4.78, 5) is 48.1. The second-order valence-corrected chi connectivity index (χ2v) is 12.5. The van der Waals surface area contributed by atoms with E-state index in [1.54, 1.807) is 12.1 Å². The first-order valence-electron chi connectivity index (χ1n) is 15.5. The average Bonchev–Trinajstić information content (AvgIpc) is 3.17. The number of benzene rings is 3. The van der Waals surface area contributed by atoms with Crippen molar-refractivity contribution in [2.45, 2.75) is 31.5 Å². The molecule has 2 aliphatic heterocycles. The van der Waals surface area contributed by atoms with Gasteiger partial charge in [0.05, 0.1) is 44.8 Å². The minimum Gasteiger partial charge on any atom is -0.508 e. The van der Waals surface area contributed by atoms with Gasteiger partial charge in [-0.1, -0.05) is 24.3 Å². The summed E-state index contributed by atoms with van der Waals surface area (Å²) in [6.45, 7) is 1.27. The Morgan fingerprint density at radius 2 is 1.47 bits per heavy atom. The van der Waals surface area contributed by atoms with E-state index in [9.17, 15) is 41.8 Å². The van der Waals surface area contributed by atoms with Crippen molar-refractivity contribution in [3.05, 3.63) is 71.3 Å². The highest BCUT2D eigenvalue weighted by atomic mass is 19.1. The Morgan fingerprint density at radius 1 is 0.837 bits per heavy atom. The molecular formula is C35H35F4N3O7. The highest BCUT2D eigenvalue weighted by Crippen LogP contribution is 2.55. The Bertz CT molecular complexity index is 1790. The summed E-state index contributed by atoms with van der Waals surface area (Å²) in [5.41, 5.74) is 1.28. The fraction of sp³-hybridized carbons (Fsp3) is 0.371. The van der Waals surface area contributed by atoms with Gasteiger partial charge >= 0.3 is 24.1 Å². The molecule has 3 aromatic rings. The van der Waals surface area contributed by atoms with Crippen LogP contribution < -0.4 is 9.64 Å². The number of hydrogen-bond donors (Lipinski definition) is 1. The highest BCUT2D eigenvalue weighted by Gasteiger charge is 2.58. The molecule has 1 atom stereocenters. The lowest BCUT2D eigenvalue weighted by atomic mass is 9.76. The fourth-order valence-electron chi connectivity index (χ4n) is 6.78. The molecule has 5 rings (SSSR count). The van der Waals surface area contributed by atoms with Crippen LogP contribution >= 0.6 is 0 Å². The van der Waals surface area contributed by atoms with Crippen LogP contribution in [0.2, 0.25) is 0 Å². The number of nitrogens with zero attached hydrogens (tertiary/aromatic N) is 3. The number of aromatic hydroxyl groups is 1. The van der Waals surface area contributed by atoms with Gasteiger partial charge in [-0.25, -0.2) is 0 Å². The number of hydrogen-bond acceptors (Lipinski definition) is 10. The van der Waals surface area contributed by atoms with Crippen molar-refractivity contribution < 1.29 is 51.3 Å². The monoisotopic (exact) mass is 685 g/mol. The average molecular weight is 686 g/mol. The number of halogens is 4. The van der Waals surface area contributed by atoms with E-state index in [0.717, 1.165) is 21.1 Å². The van der Waals surface area contributed by atoms with Crippen LogP contribution in [0.15, 0.2) is 54.6 Å². The Kier molecular flexibility index (Phi) is 10.5. The van der Waals surface area contributed by atoms with E-state index < -0.39 is 61.5 Å². The predicted molar refractivity (Wildman–Crippen MR) is 172 cm³/mol. The summed E-state index contributed by atoms with van der Waals surface area (Å²) >= 11 is 0. The lowest BCUT2D eigenvalue weighted by Crippen LogP contribution is -2.60. The Labute approximate surface area is 279 Å². The molecule has 0 saturated carbocycles. The predicted octanol–water partition coefficient (Wildman–Crippen LogP) is 4.55. The number of ether oxygens (including phenoxy) is 2. The molecule has 0 bridgehead atoms. The van der Waals surface area contributed by atoms with Gasteiger partial charge in [0.15, 0.2) is 0 Å². The fourth-order valence-corrected chi connectivity index (χ4v) is 6.78. The number of carbonyl (C=O) groups is 4. The molecule has 2 aliphatic rings. The van der Waals surface area contributed by atoms with Crippen molar-refractivity contribution >= 4 is 46.7 Å². The third-order valence-electron chi connectivity index (χ3n) is 8.91. The lowest BCUT2D eigenvalue weighted by molar-refractivity contribution is -0.135. The minimum atomic E-state index is -1.73. The van der Waals surface area contributed by atoms with E-state index in [1.807, 2.05) is 55.2 Å². The molecule has 0 radical (unpaired) electrons. The summed E-state index contributed by atoms with van der Waals surface area (Å²) in [5.74, 6) is 0.343. The van der Waals surface area contributed by atoms with Gasteiger partial charge in [0.1, 0.15) is 11.5 Å². The Hall–Kier alpha value is -4.66. The van der Waals surface area contributed by atoms with E-state index in [-0.39, 0.29) is 32.1 Å². The van der Waals surface area contributed by atoms with Gasteiger partial charge in [0, 0.05) is 30.9 Å². The molecule has 3 aromatic carbocycles. The van der Waals surface area contributed by atoms with Crippen molar-refractivity contribution in [3.63, 3.8) is 0 Å². The molecule has 1 spiro atoms. The summed E-state index contributed by atoms with van der Waals surface area (Å²) in [6, 6.07) is 7.36. The van der Waals surface area contributed by atoms with Crippen LogP contribution in [0.3, 0.4) is 0 Å². The number of rotatable bonds is 16. The lowest BCUT2D eigenvalue weighted by Gasteiger charge is -2.47. The third kappa shape index (κ3) is 7.51. The molecule has 2 heterocycles. The molecule has 1 unspecified atom stereocenters. The van der Waals surface area contributed by atoms with Crippen LogP contribution in [0.25, 0.3) is 16.8 Å². The van der Waals surface area contributed by atoms with Crippen molar-refractivity contribution in [1.29, 1.82) is 0 Å². The Morgan fingerprint density at radius 3 is 2.12 bits per heavy atom. The molecule has 1 N–H and O–H groups in total. The second kappa shape index (κ2) is 14.4. The number of phenolic OH excluding ortho intramolecular Hbond substituents is 1. The van der Waals surface area contributed by atoms with Crippen LogP contribution in [0.4, 0.5) is 23.2 Å². The van der Waals surface area contributed by atoms with Gasteiger partial charge in [0.25, 0.3) is 0 Å². The van der Waals surface area contributed by atoms with E-state index in [1.165, 1.54) is 12.1 Å². The zero-order valence-electron chi connectivity index (χ0n) is 26.9.